The van der Waals surface area contributed by atoms with E-state index in [1.807, 2.05) is 12.1 Å². The molecule has 0 aliphatic carbocycles. The van der Waals surface area contributed by atoms with Gasteiger partial charge in [0.05, 0.1) is 20.6 Å². The van der Waals surface area contributed by atoms with E-state index in [2.05, 4.69) is 21.0 Å². The van der Waals surface area contributed by atoms with Gasteiger partial charge < -0.3 is 9.22 Å². The maximum absolute atomic E-state index is 10.7. The van der Waals surface area contributed by atoms with E-state index in [9.17, 15) is 4.79 Å². The molecule has 0 aliphatic heterocycles. The summed E-state index contributed by atoms with van der Waals surface area (Å²) in [5.41, 5.74) is 0.689. The molecule has 3 nitrogen and oxygen atoms in total. The van der Waals surface area contributed by atoms with E-state index < -0.39 is 0 Å². The lowest BCUT2D eigenvalue weighted by molar-refractivity contribution is -0.890. The summed E-state index contributed by atoms with van der Waals surface area (Å²) in [5, 5.41) is 0. The lowest BCUT2D eigenvalue weighted by Crippen LogP contribution is -2.43. The monoisotopic (exact) mass is 362 g/mol. The highest BCUT2D eigenvalue weighted by molar-refractivity contribution is 5.74. The highest BCUT2D eigenvalue weighted by atomic mass is 16.5. The molecule has 1 rings (SSSR count). The zero-order chi connectivity index (χ0) is 19.1. The quantitative estimate of drug-likeness (QED) is 0.209. The smallest absolute Gasteiger partial charge is 0.150 e. The van der Waals surface area contributed by atoms with E-state index in [4.69, 9.17) is 4.74 Å². The lowest BCUT2D eigenvalue weighted by atomic mass is 10.1. The SMILES string of the molecule is CCCCCCCCCCCC[N+](C)(C)CCOc1ccc(C=O)cc1. The molecule has 0 aromatic heterocycles. The summed E-state index contributed by atoms with van der Waals surface area (Å²) in [7, 11) is 4.57. The highest BCUT2D eigenvalue weighted by Crippen LogP contribution is 2.13. The first-order valence-corrected chi connectivity index (χ1v) is 10.6. The van der Waals surface area contributed by atoms with Crippen LogP contribution in [0.15, 0.2) is 24.3 Å². The second-order valence-electron chi connectivity index (χ2n) is 8.10. The van der Waals surface area contributed by atoms with Crippen LogP contribution in [0.5, 0.6) is 5.75 Å². The van der Waals surface area contributed by atoms with Crippen molar-refractivity contribution in [3.05, 3.63) is 29.8 Å². The second kappa shape index (κ2) is 13.8. The fourth-order valence-corrected chi connectivity index (χ4v) is 3.19. The number of ether oxygens (including phenoxy) is 1. The van der Waals surface area contributed by atoms with Gasteiger partial charge in [-0.25, -0.2) is 0 Å². The number of aldehydes is 1. The molecule has 0 N–H and O–H groups in total. The largest absolute Gasteiger partial charge is 0.488 e. The summed E-state index contributed by atoms with van der Waals surface area (Å²) in [6, 6.07) is 7.33. The van der Waals surface area contributed by atoms with E-state index >= 15 is 0 Å². The molecule has 3 heteroatoms. The van der Waals surface area contributed by atoms with Crippen LogP contribution in [-0.4, -0.2) is 44.6 Å². The fraction of sp³-hybridized carbons (Fsp3) is 0.696. The molecule has 0 heterocycles. The van der Waals surface area contributed by atoms with E-state index in [0.29, 0.717) is 12.2 Å². The van der Waals surface area contributed by atoms with Crippen molar-refractivity contribution in [1.29, 1.82) is 0 Å². The zero-order valence-corrected chi connectivity index (χ0v) is 17.3. The topological polar surface area (TPSA) is 26.3 Å². The van der Waals surface area contributed by atoms with Crippen molar-refractivity contribution in [3.63, 3.8) is 0 Å². The summed E-state index contributed by atoms with van der Waals surface area (Å²) in [6.07, 6.45) is 14.7. The van der Waals surface area contributed by atoms with Crippen LogP contribution in [0.25, 0.3) is 0 Å². The van der Waals surface area contributed by atoms with Crippen molar-refractivity contribution in [2.45, 2.75) is 71.1 Å². The molecule has 0 unspecified atom stereocenters. The molecule has 26 heavy (non-hydrogen) atoms. The normalized spacial score (nSPS) is 11.5. The minimum Gasteiger partial charge on any atom is -0.488 e. The Hall–Kier alpha value is -1.35. The molecule has 1 aromatic carbocycles. The van der Waals surface area contributed by atoms with Crippen molar-refractivity contribution in [3.8, 4) is 5.75 Å². The van der Waals surface area contributed by atoms with E-state index in [0.717, 1.165) is 23.1 Å². The summed E-state index contributed by atoms with van der Waals surface area (Å²) >= 11 is 0. The number of carbonyl (C=O) groups excluding carboxylic acids is 1. The number of hydrogen-bond donors (Lipinski definition) is 0. The van der Waals surface area contributed by atoms with Crippen LogP contribution < -0.4 is 4.74 Å². The molecule has 0 aliphatic rings. The highest BCUT2D eigenvalue weighted by Gasteiger charge is 2.14. The Kier molecular flexibility index (Phi) is 12.0. The molecule has 0 bridgehead atoms. The molecule has 0 fully saturated rings. The van der Waals surface area contributed by atoms with Crippen LogP contribution in [0.1, 0.15) is 81.5 Å². The van der Waals surface area contributed by atoms with Gasteiger partial charge in [0.15, 0.2) is 0 Å². The summed E-state index contributed by atoms with van der Waals surface area (Å²) < 4.78 is 6.81. The van der Waals surface area contributed by atoms with Gasteiger partial charge in [-0.15, -0.1) is 0 Å². The van der Waals surface area contributed by atoms with Crippen molar-refractivity contribution < 1.29 is 14.0 Å². The van der Waals surface area contributed by atoms with Crippen LogP contribution in [0.2, 0.25) is 0 Å². The Labute approximate surface area is 161 Å². The molecule has 0 amide bonds. The molecular formula is C23H40NO2+. The third-order valence-corrected chi connectivity index (χ3v) is 5.10. The van der Waals surface area contributed by atoms with Gasteiger partial charge in [0.25, 0.3) is 0 Å². The molecule has 1 aromatic rings. The number of hydrogen-bond acceptors (Lipinski definition) is 2. The number of nitrogens with zero attached hydrogens (tertiary/aromatic N) is 1. The zero-order valence-electron chi connectivity index (χ0n) is 17.3. The predicted octanol–water partition coefficient (Wildman–Crippen LogP) is 5.88. The number of quaternary nitrogens is 1. The standard InChI is InChI=1S/C23H40NO2/c1-4-5-6-7-8-9-10-11-12-13-18-24(2,3)19-20-26-23-16-14-22(21-25)15-17-23/h14-17,21H,4-13,18-20H2,1-3H3/q+1. The van der Waals surface area contributed by atoms with Gasteiger partial charge in [-0.3, -0.25) is 4.79 Å². The first kappa shape index (κ1) is 22.7. The van der Waals surface area contributed by atoms with Gasteiger partial charge in [0, 0.05) is 5.56 Å². The molecule has 0 saturated carbocycles. The van der Waals surface area contributed by atoms with Gasteiger partial charge in [0.2, 0.25) is 0 Å². The number of likely N-dealkylation sites (N-methyl/N-ethyl adjacent to an activating group) is 1. The Morgan fingerprint density at radius 3 is 1.88 bits per heavy atom. The minimum absolute atomic E-state index is 0.689. The lowest BCUT2D eigenvalue weighted by Gasteiger charge is -2.29. The Morgan fingerprint density at radius 1 is 0.808 bits per heavy atom. The number of rotatable bonds is 16. The average Bonchev–Trinajstić information content (AvgIpc) is 2.63. The number of benzene rings is 1. The Morgan fingerprint density at radius 2 is 1.35 bits per heavy atom. The van der Waals surface area contributed by atoms with E-state index in [-0.39, 0.29) is 0 Å². The summed E-state index contributed by atoms with van der Waals surface area (Å²) in [4.78, 5) is 10.7. The molecule has 0 atom stereocenters. The van der Waals surface area contributed by atoms with E-state index in [1.165, 1.54) is 70.8 Å². The average molecular weight is 363 g/mol. The van der Waals surface area contributed by atoms with Crippen molar-refractivity contribution in [2.24, 2.45) is 0 Å². The summed E-state index contributed by atoms with van der Waals surface area (Å²) in [6.45, 7) is 5.21. The third-order valence-electron chi connectivity index (χ3n) is 5.10. The predicted molar refractivity (Wildman–Crippen MR) is 111 cm³/mol. The fourth-order valence-electron chi connectivity index (χ4n) is 3.19. The molecule has 0 spiro atoms. The molecule has 0 radical (unpaired) electrons. The van der Waals surface area contributed by atoms with Crippen LogP contribution in [0.3, 0.4) is 0 Å². The van der Waals surface area contributed by atoms with Crippen LogP contribution >= 0.6 is 0 Å². The maximum Gasteiger partial charge on any atom is 0.150 e. The minimum atomic E-state index is 0.689. The van der Waals surface area contributed by atoms with Gasteiger partial charge in [-0.2, -0.15) is 0 Å². The van der Waals surface area contributed by atoms with Crippen LogP contribution in [0.4, 0.5) is 0 Å². The number of unbranched alkanes of at least 4 members (excludes halogenated alkanes) is 9. The Balaban J connectivity index is 2.02. The third kappa shape index (κ3) is 11.3. The van der Waals surface area contributed by atoms with Gasteiger partial charge in [-0.05, 0) is 37.1 Å². The Bertz CT molecular complexity index is 468. The van der Waals surface area contributed by atoms with Gasteiger partial charge >= 0.3 is 0 Å². The molecular weight excluding hydrogens is 322 g/mol. The van der Waals surface area contributed by atoms with Crippen LogP contribution in [-0.2, 0) is 0 Å². The van der Waals surface area contributed by atoms with Crippen molar-refractivity contribution >= 4 is 6.29 Å². The maximum atomic E-state index is 10.7. The number of carbonyl (C=O) groups is 1. The second-order valence-corrected chi connectivity index (χ2v) is 8.10. The van der Waals surface area contributed by atoms with Gasteiger partial charge in [0.1, 0.15) is 25.2 Å². The summed E-state index contributed by atoms with van der Waals surface area (Å²) in [5.74, 6) is 0.842. The van der Waals surface area contributed by atoms with Crippen molar-refractivity contribution in [1.82, 2.24) is 0 Å². The first-order chi connectivity index (χ1) is 12.6. The van der Waals surface area contributed by atoms with Crippen LogP contribution in [0, 0.1) is 0 Å². The van der Waals surface area contributed by atoms with Crippen molar-refractivity contribution in [2.75, 3.05) is 33.8 Å². The first-order valence-electron chi connectivity index (χ1n) is 10.6. The van der Waals surface area contributed by atoms with Gasteiger partial charge in [-0.1, -0.05) is 58.3 Å². The molecule has 148 valence electrons. The molecule has 0 saturated heterocycles. The van der Waals surface area contributed by atoms with E-state index in [1.54, 1.807) is 12.1 Å².